The molecule has 2 nitrogen and oxygen atoms in total. The highest BCUT2D eigenvalue weighted by atomic mass is 35.5. The van der Waals surface area contributed by atoms with Gasteiger partial charge in [0.05, 0.1) is 13.2 Å². The van der Waals surface area contributed by atoms with Crippen molar-refractivity contribution in [1.29, 1.82) is 0 Å². The minimum atomic E-state index is -0.156. The molecule has 0 spiro atoms. The van der Waals surface area contributed by atoms with E-state index in [9.17, 15) is 0 Å². The fraction of sp³-hybridized carbons (Fsp3) is 0.429. The molecule has 2 rings (SSSR count). The number of halogens is 1. The zero-order valence-corrected chi connectivity index (χ0v) is 10.7. The van der Waals surface area contributed by atoms with Crippen LogP contribution in [-0.2, 0) is 15.9 Å². The maximum atomic E-state index is 5.84. The molecule has 1 fully saturated rings. The van der Waals surface area contributed by atoms with Crippen molar-refractivity contribution in [3.63, 3.8) is 0 Å². The SMILES string of the molecule is C/C(=C\Cc1ccc(Cl)cc1)C1OCCCO1. The van der Waals surface area contributed by atoms with Crippen molar-refractivity contribution < 1.29 is 9.47 Å². The molecule has 0 atom stereocenters. The zero-order chi connectivity index (χ0) is 12.1. The Hall–Kier alpha value is -0.830. The van der Waals surface area contributed by atoms with Gasteiger partial charge in [-0.3, -0.25) is 0 Å². The molecule has 17 heavy (non-hydrogen) atoms. The lowest BCUT2D eigenvalue weighted by Crippen LogP contribution is -2.25. The average Bonchev–Trinajstić information content (AvgIpc) is 2.39. The smallest absolute Gasteiger partial charge is 0.179 e. The largest absolute Gasteiger partial charge is 0.349 e. The predicted molar refractivity (Wildman–Crippen MR) is 69.2 cm³/mol. The van der Waals surface area contributed by atoms with Gasteiger partial charge in [-0.2, -0.15) is 0 Å². The first kappa shape index (κ1) is 12.6. The van der Waals surface area contributed by atoms with Crippen LogP contribution in [0.15, 0.2) is 35.9 Å². The molecule has 1 saturated heterocycles. The molecule has 0 radical (unpaired) electrons. The molecule has 1 aliphatic heterocycles. The Morgan fingerprint density at radius 3 is 2.59 bits per heavy atom. The lowest BCUT2D eigenvalue weighted by molar-refractivity contribution is -0.156. The Balaban J connectivity index is 1.92. The van der Waals surface area contributed by atoms with Crippen LogP contribution in [0.3, 0.4) is 0 Å². The monoisotopic (exact) mass is 252 g/mol. The predicted octanol–water partition coefficient (Wildman–Crippen LogP) is 3.59. The van der Waals surface area contributed by atoms with Crippen LogP contribution in [0, 0.1) is 0 Å². The van der Waals surface area contributed by atoms with E-state index in [4.69, 9.17) is 21.1 Å². The first-order valence-electron chi connectivity index (χ1n) is 5.90. The van der Waals surface area contributed by atoms with Gasteiger partial charge >= 0.3 is 0 Å². The lowest BCUT2D eigenvalue weighted by atomic mass is 10.1. The molecule has 1 aliphatic rings. The van der Waals surface area contributed by atoms with E-state index in [-0.39, 0.29) is 6.29 Å². The number of benzene rings is 1. The molecule has 0 aliphatic carbocycles. The van der Waals surface area contributed by atoms with E-state index < -0.39 is 0 Å². The molecular weight excluding hydrogens is 236 g/mol. The minimum Gasteiger partial charge on any atom is -0.349 e. The fourth-order valence-electron chi connectivity index (χ4n) is 1.75. The summed E-state index contributed by atoms with van der Waals surface area (Å²) in [6, 6.07) is 7.89. The van der Waals surface area contributed by atoms with Gasteiger partial charge in [-0.25, -0.2) is 0 Å². The molecule has 3 heteroatoms. The van der Waals surface area contributed by atoms with Crippen molar-refractivity contribution in [2.45, 2.75) is 26.1 Å². The zero-order valence-electron chi connectivity index (χ0n) is 9.99. The van der Waals surface area contributed by atoms with Crippen LogP contribution in [0.5, 0.6) is 0 Å². The Kier molecular flexibility index (Phi) is 4.60. The van der Waals surface area contributed by atoms with Gasteiger partial charge in [0, 0.05) is 5.02 Å². The number of hydrogen-bond acceptors (Lipinski definition) is 2. The second kappa shape index (κ2) is 6.20. The van der Waals surface area contributed by atoms with Crippen molar-refractivity contribution in [3.05, 3.63) is 46.5 Å². The van der Waals surface area contributed by atoms with E-state index >= 15 is 0 Å². The third kappa shape index (κ3) is 3.84. The summed E-state index contributed by atoms with van der Waals surface area (Å²) in [5, 5.41) is 0.772. The van der Waals surface area contributed by atoms with Gasteiger partial charge in [-0.15, -0.1) is 0 Å². The van der Waals surface area contributed by atoms with Gasteiger partial charge < -0.3 is 9.47 Å². The van der Waals surface area contributed by atoms with E-state index in [0.717, 1.165) is 36.7 Å². The number of ether oxygens (including phenoxy) is 2. The van der Waals surface area contributed by atoms with Crippen molar-refractivity contribution >= 4 is 11.6 Å². The highest BCUT2D eigenvalue weighted by molar-refractivity contribution is 6.30. The van der Waals surface area contributed by atoms with Gasteiger partial charge in [-0.1, -0.05) is 29.8 Å². The van der Waals surface area contributed by atoms with Crippen molar-refractivity contribution in [2.24, 2.45) is 0 Å². The van der Waals surface area contributed by atoms with Gasteiger partial charge in [0.1, 0.15) is 0 Å². The van der Waals surface area contributed by atoms with E-state index in [1.807, 2.05) is 31.2 Å². The second-order valence-corrected chi connectivity index (χ2v) is 4.64. The maximum Gasteiger partial charge on any atom is 0.179 e. The number of allylic oxidation sites excluding steroid dienone is 1. The molecule has 1 aromatic rings. The van der Waals surface area contributed by atoms with Crippen molar-refractivity contribution in [1.82, 2.24) is 0 Å². The third-order valence-corrected chi connectivity index (χ3v) is 3.02. The molecule has 1 aromatic carbocycles. The van der Waals surface area contributed by atoms with Gasteiger partial charge in [0.15, 0.2) is 6.29 Å². The first-order valence-corrected chi connectivity index (χ1v) is 6.28. The van der Waals surface area contributed by atoms with Crippen LogP contribution in [0.2, 0.25) is 5.02 Å². The van der Waals surface area contributed by atoms with E-state index in [0.29, 0.717) is 0 Å². The standard InChI is InChI=1S/C14H17ClO2/c1-11(14-16-9-2-10-17-14)3-4-12-5-7-13(15)8-6-12/h3,5-8,14H,2,4,9-10H2,1H3/b11-3+. The van der Waals surface area contributed by atoms with Crippen LogP contribution >= 0.6 is 11.6 Å². The summed E-state index contributed by atoms with van der Waals surface area (Å²) in [6.45, 7) is 3.62. The third-order valence-electron chi connectivity index (χ3n) is 2.77. The van der Waals surface area contributed by atoms with E-state index in [1.54, 1.807) is 0 Å². The van der Waals surface area contributed by atoms with Crippen LogP contribution in [0.25, 0.3) is 0 Å². The van der Waals surface area contributed by atoms with Crippen LogP contribution in [0.4, 0.5) is 0 Å². The highest BCUT2D eigenvalue weighted by Gasteiger charge is 2.15. The summed E-state index contributed by atoms with van der Waals surface area (Å²) in [4.78, 5) is 0. The fourth-order valence-corrected chi connectivity index (χ4v) is 1.87. The van der Waals surface area contributed by atoms with Crippen LogP contribution < -0.4 is 0 Å². The molecule has 0 amide bonds. The van der Waals surface area contributed by atoms with Gasteiger partial charge in [-0.05, 0) is 43.0 Å². The maximum absolute atomic E-state index is 5.84. The topological polar surface area (TPSA) is 18.5 Å². The average molecular weight is 253 g/mol. The van der Waals surface area contributed by atoms with E-state index in [1.165, 1.54) is 5.56 Å². The molecule has 0 unspecified atom stereocenters. The van der Waals surface area contributed by atoms with Crippen LogP contribution in [0.1, 0.15) is 18.9 Å². The minimum absolute atomic E-state index is 0.156. The molecule has 0 N–H and O–H groups in total. The molecule has 0 bridgehead atoms. The summed E-state index contributed by atoms with van der Waals surface area (Å²) in [5.74, 6) is 0. The molecular formula is C14H17ClO2. The molecule has 0 aromatic heterocycles. The quantitative estimate of drug-likeness (QED) is 0.766. The van der Waals surface area contributed by atoms with Crippen LogP contribution in [-0.4, -0.2) is 19.5 Å². The molecule has 0 saturated carbocycles. The summed E-state index contributed by atoms with van der Waals surface area (Å²) < 4.78 is 11.1. The van der Waals surface area contributed by atoms with E-state index in [2.05, 4.69) is 6.08 Å². The summed E-state index contributed by atoms with van der Waals surface area (Å²) in [5.41, 5.74) is 2.38. The van der Waals surface area contributed by atoms with Gasteiger partial charge in [0.2, 0.25) is 0 Å². The normalized spacial score (nSPS) is 18.4. The highest BCUT2D eigenvalue weighted by Crippen LogP contribution is 2.15. The number of hydrogen-bond donors (Lipinski definition) is 0. The Bertz CT molecular complexity index is 378. The second-order valence-electron chi connectivity index (χ2n) is 4.21. The lowest BCUT2D eigenvalue weighted by Gasteiger charge is -2.23. The Morgan fingerprint density at radius 1 is 1.29 bits per heavy atom. The Morgan fingerprint density at radius 2 is 1.94 bits per heavy atom. The summed E-state index contributed by atoms with van der Waals surface area (Å²) in [7, 11) is 0. The molecule has 1 heterocycles. The van der Waals surface area contributed by atoms with Crippen molar-refractivity contribution in [2.75, 3.05) is 13.2 Å². The summed E-state index contributed by atoms with van der Waals surface area (Å²) in [6.07, 6.45) is 3.86. The van der Waals surface area contributed by atoms with Crippen molar-refractivity contribution in [3.8, 4) is 0 Å². The number of rotatable bonds is 3. The first-order chi connectivity index (χ1) is 8.25. The molecule has 92 valence electrons. The Labute approximate surface area is 107 Å². The van der Waals surface area contributed by atoms with Gasteiger partial charge in [0.25, 0.3) is 0 Å². The summed E-state index contributed by atoms with van der Waals surface area (Å²) >= 11 is 5.84.